The number of amides is 1. The summed E-state index contributed by atoms with van der Waals surface area (Å²) in [4.78, 5) is 25.1. The van der Waals surface area contributed by atoms with Gasteiger partial charge in [-0.25, -0.2) is 0 Å². The van der Waals surface area contributed by atoms with Crippen molar-refractivity contribution in [2.24, 2.45) is 5.92 Å². The Morgan fingerprint density at radius 2 is 2.30 bits per heavy atom. The Hall–Kier alpha value is -1.67. The van der Waals surface area contributed by atoms with Crippen LogP contribution in [0.4, 0.5) is 5.69 Å². The molecule has 1 amide bonds. The summed E-state index contributed by atoms with van der Waals surface area (Å²) in [7, 11) is 1.89. The maximum atomic E-state index is 12.6. The van der Waals surface area contributed by atoms with E-state index in [1.807, 2.05) is 14.0 Å². The van der Waals surface area contributed by atoms with Crippen LogP contribution in [0.1, 0.15) is 42.4 Å². The van der Waals surface area contributed by atoms with Crippen LogP contribution in [0.15, 0.2) is 0 Å². The van der Waals surface area contributed by atoms with Crippen molar-refractivity contribution in [2.45, 2.75) is 32.6 Å². The zero-order chi connectivity index (χ0) is 16.1. The molecule has 2 heterocycles. The molecule has 0 aliphatic carbocycles. The summed E-state index contributed by atoms with van der Waals surface area (Å²) in [6.45, 7) is 4.02. The monoisotopic (exact) mass is 345 g/mol. The number of H-pyrrole nitrogens is 1. The van der Waals surface area contributed by atoms with Crippen molar-refractivity contribution in [1.29, 1.82) is 0 Å². The zero-order valence-corrected chi connectivity index (χ0v) is 14.3. The molecule has 0 spiro atoms. The molecule has 1 unspecified atom stereocenters. The molecule has 1 aliphatic heterocycles. The Morgan fingerprint density at radius 1 is 1.57 bits per heavy atom. The lowest BCUT2D eigenvalue weighted by atomic mass is 9.97. The number of nitrogens with zero attached hydrogens (tertiary/aromatic N) is 3. The molecule has 0 aromatic carbocycles. The number of hydrogen-bond donors (Lipinski definition) is 2. The number of aromatic amines is 1. The van der Waals surface area contributed by atoms with Gasteiger partial charge < -0.3 is 10.2 Å². The minimum absolute atomic E-state index is 0. The van der Waals surface area contributed by atoms with Crippen LogP contribution in [0.25, 0.3) is 0 Å². The fourth-order valence-electron chi connectivity index (χ4n) is 3.00. The van der Waals surface area contributed by atoms with Gasteiger partial charge in [-0.2, -0.15) is 5.10 Å². The largest absolute Gasteiger partial charge is 0.337 e. The average Bonchev–Trinajstić information content (AvgIpc) is 2.91. The van der Waals surface area contributed by atoms with Crippen molar-refractivity contribution in [3.05, 3.63) is 21.5 Å². The van der Waals surface area contributed by atoms with E-state index < -0.39 is 4.92 Å². The summed E-state index contributed by atoms with van der Waals surface area (Å²) in [5, 5.41) is 21.0. The molecule has 1 aliphatic rings. The summed E-state index contributed by atoms with van der Waals surface area (Å²) < 4.78 is 0. The second-order valence-corrected chi connectivity index (χ2v) is 5.72. The second-order valence-electron chi connectivity index (χ2n) is 5.72. The third-order valence-electron chi connectivity index (χ3n) is 4.00. The zero-order valence-electron chi connectivity index (χ0n) is 13.5. The SMILES string of the molecule is CCCc1[nH]nc(C(=O)N2CCCC(CNC)C2)c1[N+](=O)[O-].Cl. The lowest BCUT2D eigenvalue weighted by molar-refractivity contribution is -0.385. The molecule has 8 nitrogen and oxygen atoms in total. The van der Waals surface area contributed by atoms with Gasteiger partial charge in [-0.3, -0.25) is 20.0 Å². The van der Waals surface area contributed by atoms with Crippen LogP contribution < -0.4 is 5.32 Å². The highest BCUT2D eigenvalue weighted by molar-refractivity contribution is 5.96. The molecule has 130 valence electrons. The van der Waals surface area contributed by atoms with Gasteiger partial charge >= 0.3 is 5.69 Å². The lowest BCUT2D eigenvalue weighted by Crippen LogP contribution is -2.42. The molecule has 0 radical (unpaired) electrons. The number of carbonyl (C=O) groups excluding carboxylic acids is 1. The smallest absolute Gasteiger partial charge is 0.322 e. The van der Waals surface area contributed by atoms with Crippen LogP contribution in [0.3, 0.4) is 0 Å². The topological polar surface area (TPSA) is 104 Å². The van der Waals surface area contributed by atoms with Gasteiger partial charge in [0, 0.05) is 13.1 Å². The van der Waals surface area contributed by atoms with Crippen molar-refractivity contribution in [1.82, 2.24) is 20.4 Å². The third-order valence-corrected chi connectivity index (χ3v) is 4.00. The fourth-order valence-corrected chi connectivity index (χ4v) is 3.00. The number of piperidine rings is 1. The van der Waals surface area contributed by atoms with Crippen LogP contribution >= 0.6 is 12.4 Å². The first-order valence-electron chi connectivity index (χ1n) is 7.74. The molecule has 2 rings (SSSR count). The Labute approximate surface area is 141 Å². The molecular weight excluding hydrogens is 322 g/mol. The average molecular weight is 346 g/mol. The number of rotatable bonds is 6. The van der Waals surface area contributed by atoms with Crippen molar-refractivity contribution < 1.29 is 9.72 Å². The molecule has 1 fully saturated rings. The normalized spacial score (nSPS) is 17.7. The van der Waals surface area contributed by atoms with E-state index in [1.54, 1.807) is 4.90 Å². The first-order chi connectivity index (χ1) is 10.6. The first-order valence-corrected chi connectivity index (χ1v) is 7.74. The number of nitro groups is 1. The summed E-state index contributed by atoms with van der Waals surface area (Å²) in [5.41, 5.74) is 0.209. The highest BCUT2D eigenvalue weighted by Gasteiger charge is 2.33. The number of halogens is 1. The molecular formula is C14H24ClN5O3. The quantitative estimate of drug-likeness (QED) is 0.604. The lowest BCUT2D eigenvalue weighted by Gasteiger charge is -2.32. The second kappa shape index (κ2) is 8.83. The number of nitrogens with one attached hydrogen (secondary N) is 2. The van der Waals surface area contributed by atoms with Gasteiger partial charge in [0.05, 0.1) is 4.92 Å². The molecule has 1 saturated heterocycles. The molecule has 0 bridgehead atoms. The van der Waals surface area contributed by atoms with E-state index in [4.69, 9.17) is 0 Å². The fraction of sp³-hybridized carbons (Fsp3) is 0.714. The summed E-state index contributed by atoms with van der Waals surface area (Å²) in [5.74, 6) is 0.0434. The van der Waals surface area contributed by atoms with E-state index in [-0.39, 0.29) is 29.7 Å². The standard InChI is InChI=1S/C14H23N5O3.ClH/c1-3-5-11-13(19(21)22)12(17-16-11)14(20)18-7-4-6-10(9-18)8-15-2;/h10,15H,3-9H2,1-2H3,(H,16,17);1H. The van der Waals surface area contributed by atoms with Gasteiger partial charge in [-0.05, 0) is 38.8 Å². The van der Waals surface area contributed by atoms with E-state index in [0.29, 0.717) is 31.1 Å². The molecule has 0 saturated carbocycles. The van der Waals surface area contributed by atoms with E-state index in [2.05, 4.69) is 15.5 Å². The van der Waals surface area contributed by atoms with E-state index >= 15 is 0 Å². The molecule has 1 atom stereocenters. The van der Waals surface area contributed by atoms with Crippen LogP contribution in [-0.4, -0.2) is 52.6 Å². The van der Waals surface area contributed by atoms with Gasteiger partial charge in [-0.1, -0.05) is 13.3 Å². The van der Waals surface area contributed by atoms with Crippen LogP contribution in [-0.2, 0) is 6.42 Å². The van der Waals surface area contributed by atoms with Crippen LogP contribution in [0.5, 0.6) is 0 Å². The minimum Gasteiger partial charge on any atom is -0.337 e. The van der Waals surface area contributed by atoms with Crippen molar-refractivity contribution in [2.75, 3.05) is 26.7 Å². The Morgan fingerprint density at radius 3 is 2.91 bits per heavy atom. The van der Waals surface area contributed by atoms with Crippen molar-refractivity contribution in [3.8, 4) is 0 Å². The van der Waals surface area contributed by atoms with Gasteiger partial charge in [0.25, 0.3) is 5.91 Å². The summed E-state index contributed by atoms with van der Waals surface area (Å²) in [6.07, 6.45) is 3.25. The Kier molecular flexibility index (Phi) is 7.44. The number of hydrogen-bond acceptors (Lipinski definition) is 5. The van der Waals surface area contributed by atoms with Crippen molar-refractivity contribution >= 4 is 24.0 Å². The van der Waals surface area contributed by atoms with Crippen LogP contribution in [0, 0.1) is 16.0 Å². The molecule has 1 aromatic rings. The van der Waals surface area contributed by atoms with Gasteiger partial charge in [0.15, 0.2) is 0 Å². The molecule has 2 N–H and O–H groups in total. The van der Waals surface area contributed by atoms with Crippen molar-refractivity contribution in [3.63, 3.8) is 0 Å². The maximum Gasteiger partial charge on any atom is 0.322 e. The predicted octanol–water partition coefficient (Wildman–Crippen LogP) is 1.76. The summed E-state index contributed by atoms with van der Waals surface area (Å²) >= 11 is 0. The third kappa shape index (κ3) is 4.42. The highest BCUT2D eigenvalue weighted by Crippen LogP contribution is 2.25. The number of carbonyl (C=O) groups is 1. The van der Waals surface area contributed by atoms with Gasteiger partial charge in [0.2, 0.25) is 5.69 Å². The predicted molar refractivity (Wildman–Crippen MR) is 89.0 cm³/mol. The van der Waals surface area contributed by atoms with E-state index in [0.717, 1.165) is 25.8 Å². The van der Waals surface area contributed by atoms with Gasteiger partial charge in [-0.15, -0.1) is 12.4 Å². The number of aromatic nitrogens is 2. The van der Waals surface area contributed by atoms with E-state index in [1.165, 1.54) is 0 Å². The Bertz CT molecular complexity index is 547. The number of aryl methyl sites for hydroxylation is 1. The van der Waals surface area contributed by atoms with E-state index in [9.17, 15) is 14.9 Å². The van der Waals surface area contributed by atoms with Crippen LogP contribution in [0.2, 0.25) is 0 Å². The Balaban J connectivity index is 0.00000264. The highest BCUT2D eigenvalue weighted by atomic mass is 35.5. The summed E-state index contributed by atoms with van der Waals surface area (Å²) in [6, 6.07) is 0. The maximum absolute atomic E-state index is 12.6. The molecule has 1 aromatic heterocycles. The molecule has 9 heteroatoms. The molecule has 23 heavy (non-hydrogen) atoms. The van der Waals surface area contributed by atoms with Gasteiger partial charge in [0.1, 0.15) is 5.69 Å². The minimum atomic E-state index is -0.503. The number of likely N-dealkylation sites (tertiary alicyclic amines) is 1. The first kappa shape index (κ1) is 19.4.